The summed E-state index contributed by atoms with van der Waals surface area (Å²) in [7, 11) is 1.50. The first-order valence-corrected chi connectivity index (χ1v) is 6.57. The lowest BCUT2D eigenvalue weighted by atomic mass is 10.0. The van der Waals surface area contributed by atoms with Crippen molar-refractivity contribution in [3.8, 4) is 5.75 Å². The van der Waals surface area contributed by atoms with Gasteiger partial charge in [0.2, 0.25) is 5.91 Å². The molecule has 0 radical (unpaired) electrons. The second kappa shape index (κ2) is 7.14. The monoisotopic (exact) mass is 299 g/mol. The number of ether oxygens (including phenoxy) is 1. The van der Waals surface area contributed by atoms with Gasteiger partial charge >= 0.3 is 5.97 Å². The molecule has 0 saturated carbocycles. The molecule has 1 aromatic rings. The predicted molar refractivity (Wildman–Crippen MR) is 76.1 cm³/mol. The zero-order valence-corrected chi connectivity index (χ0v) is 12.4. The molecule has 5 nitrogen and oxygen atoms in total. The molecule has 2 N–H and O–H groups in total. The Hall–Kier alpha value is -1.75. The molecule has 1 atom stereocenters. The molecule has 0 aromatic heterocycles. The number of carbonyl (C=O) groups excluding carboxylic acids is 1. The van der Waals surface area contributed by atoms with Crippen LogP contribution in [0.1, 0.15) is 19.4 Å². The van der Waals surface area contributed by atoms with E-state index in [0.29, 0.717) is 16.3 Å². The number of hydrogen-bond acceptors (Lipinski definition) is 3. The summed E-state index contributed by atoms with van der Waals surface area (Å²) in [4.78, 5) is 23.0. The number of amides is 1. The van der Waals surface area contributed by atoms with E-state index in [1.807, 2.05) is 0 Å². The zero-order chi connectivity index (χ0) is 15.3. The Morgan fingerprint density at radius 2 is 2.05 bits per heavy atom. The van der Waals surface area contributed by atoms with Crippen molar-refractivity contribution < 1.29 is 19.4 Å². The van der Waals surface area contributed by atoms with E-state index in [1.54, 1.807) is 32.0 Å². The van der Waals surface area contributed by atoms with Crippen LogP contribution in [0.4, 0.5) is 0 Å². The van der Waals surface area contributed by atoms with Gasteiger partial charge in [-0.1, -0.05) is 25.4 Å². The van der Waals surface area contributed by atoms with Gasteiger partial charge in [-0.2, -0.15) is 0 Å². The summed E-state index contributed by atoms with van der Waals surface area (Å²) in [6.45, 7) is 3.47. The number of hydrogen-bond donors (Lipinski definition) is 2. The van der Waals surface area contributed by atoms with E-state index in [2.05, 4.69) is 5.32 Å². The molecule has 0 bridgehead atoms. The molecule has 110 valence electrons. The van der Waals surface area contributed by atoms with E-state index >= 15 is 0 Å². The van der Waals surface area contributed by atoms with E-state index in [9.17, 15) is 9.59 Å². The lowest BCUT2D eigenvalue weighted by Gasteiger charge is -2.18. The Labute approximate surface area is 122 Å². The molecule has 0 aliphatic heterocycles. The molecule has 20 heavy (non-hydrogen) atoms. The molecule has 0 aliphatic rings. The average molecular weight is 300 g/mol. The van der Waals surface area contributed by atoms with E-state index in [4.69, 9.17) is 21.4 Å². The van der Waals surface area contributed by atoms with Gasteiger partial charge < -0.3 is 15.2 Å². The van der Waals surface area contributed by atoms with Crippen LogP contribution in [-0.4, -0.2) is 30.1 Å². The third-order valence-electron chi connectivity index (χ3n) is 2.84. The quantitative estimate of drug-likeness (QED) is 0.843. The lowest BCUT2D eigenvalue weighted by molar-refractivity contribution is -0.143. The molecule has 0 spiro atoms. The van der Waals surface area contributed by atoms with Crippen LogP contribution in [0.2, 0.25) is 5.02 Å². The van der Waals surface area contributed by atoms with Crippen LogP contribution in [-0.2, 0) is 16.0 Å². The minimum Gasteiger partial charge on any atom is -0.496 e. The number of nitrogens with one attached hydrogen (secondary N) is 1. The van der Waals surface area contributed by atoms with Crippen LogP contribution < -0.4 is 10.1 Å². The number of rotatable bonds is 6. The van der Waals surface area contributed by atoms with Crippen LogP contribution in [0.25, 0.3) is 0 Å². The summed E-state index contributed by atoms with van der Waals surface area (Å²) in [5, 5.41) is 12.0. The number of benzene rings is 1. The van der Waals surface area contributed by atoms with E-state index in [1.165, 1.54) is 7.11 Å². The molecule has 6 heteroatoms. The van der Waals surface area contributed by atoms with Gasteiger partial charge in [-0.05, 0) is 24.1 Å². The fourth-order valence-electron chi connectivity index (χ4n) is 1.80. The number of carboxylic acids is 1. The molecule has 1 rings (SSSR count). The van der Waals surface area contributed by atoms with Gasteiger partial charge in [0.1, 0.15) is 11.8 Å². The Balaban J connectivity index is 2.80. The zero-order valence-electron chi connectivity index (χ0n) is 11.6. The van der Waals surface area contributed by atoms with Gasteiger partial charge in [-0.3, -0.25) is 4.79 Å². The van der Waals surface area contributed by atoms with Crippen LogP contribution >= 0.6 is 11.6 Å². The SMILES string of the molecule is COc1ccc(Cl)cc1CC(=O)N[C@H](C(=O)O)C(C)C. The number of aliphatic carboxylic acids is 1. The maximum absolute atomic E-state index is 11.9. The normalized spacial score (nSPS) is 12.1. The first kappa shape index (κ1) is 16.3. The Kier molecular flexibility index (Phi) is 5.82. The first-order chi connectivity index (χ1) is 9.35. The Bertz CT molecular complexity index is 502. The van der Waals surface area contributed by atoms with Crippen molar-refractivity contribution in [1.82, 2.24) is 5.32 Å². The predicted octanol–water partition coefficient (Wildman–Crippen LogP) is 2.12. The number of carboxylic acid groups (broad SMARTS) is 1. The van der Waals surface area contributed by atoms with Crippen LogP contribution in [0.3, 0.4) is 0 Å². The van der Waals surface area contributed by atoms with Crippen molar-refractivity contribution >= 4 is 23.5 Å². The summed E-state index contributed by atoms with van der Waals surface area (Å²) >= 11 is 5.88. The molecule has 1 aromatic carbocycles. The van der Waals surface area contributed by atoms with Crippen LogP contribution in [0, 0.1) is 5.92 Å². The van der Waals surface area contributed by atoms with Gasteiger partial charge in [0.15, 0.2) is 0 Å². The van der Waals surface area contributed by atoms with Gasteiger partial charge in [0, 0.05) is 10.6 Å². The highest BCUT2D eigenvalue weighted by Gasteiger charge is 2.23. The Morgan fingerprint density at radius 1 is 1.40 bits per heavy atom. The molecule has 0 heterocycles. The van der Waals surface area contributed by atoms with Gasteiger partial charge in [0.25, 0.3) is 0 Å². The van der Waals surface area contributed by atoms with Crippen molar-refractivity contribution in [1.29, 1.82) is 0 Å². The molecule has 1 amide bonds. The highest BCUT2D eigenvalue weighted by molar-refractivity contribution is 6.30. The van der Waals surface area contributed by atoms with Gasteiger partial charge in [-0.25, -0.2) is 4.79 Å². The topological polar surface area (TPSA) is 75.6 Å². The highest BCUT2D eigenvalue weighted by atomic mass is 35.5. The molecule has 0 unspecified atom stereocenters. The highest BCUT2D eigenvalue weighted by Crippen LogP contribution is 2.23. The average Bonchev–Trinajstić information content (AvgIpc) is 2.35. The van der Waals surface area contributed by atoms with Gasteiger partial charge in [-0.15, -0.1) is 0 Å². The van der Waals surface area contributed by atoms with Crippen molar-refractivity contribution in [3.63, 3.8) is 0 Å². The third-order valence-corrected chi connectivity index (χ3v) is 3.08. The van der Waals surface area contributed by atoms with Crippen LogP contribution in [0.5, 0.6) is 5.75 Å². The molecular formula is C14H18ClNO4. The standard InChI is InChI=1S/C14H18ClNO4/c1-8(2)13(14(18)19)16-12(17)7-9-6-10(15)4-5-11(9)20-3/h4-6,8,13H,7H2,1-3H3,(H,16,17)(H,18,19)/t13-/m0/s1. The summed E-state index contributed by atoms with van der Waals surface area (Å²) in [6, 6.07) is 4.05. The minimum atomic E-state index is -1.05. The fourth-order valence-corrected chi connectivity index (χ4v) is 1.99. The number of carbonyl (C=O) groups is 2. The first-order valence-electron chi connectivity index (χ1n) is 6.19. The van der Waals surface area contributed by atoms with Crippen molar-refractivity contribution in [3.05, 3.63) is 28.8 Å². The van der Waals surface area contributed by atoms with Crippen LogP contribution in [0.15, 0.2) is 18.2 Å². The maximum atomic E-state index is 11.9. The summed E-state index contributed by atoms with van der Waals surface area (Å²) < 4.78 is 5.15. The van der Waals surface area contributed by atoms with Crippen molar-refractivity contribution in [2.75, 3.05) is 7.11 Å². The number of methoxy groups -OCH3 is 1. The third kappa shape index (κ3) is 4.42. The number of halogens is 1. The van der Waals surface area contributed by atoms with E-state index < -0.39 is 12.0 Å². The fraction of sp³-hybridized carbons (Fsp3) is 0.429. The molecule has 0 fully saturated rings. The summed E-state index contributed by atoms with van der Waals surface area (Å²) in [6.07, 6.45) is 0.0141. The molecule has 0 aliphatic carbocycles. The van der Waals surface area contributed by atoms with E-state index in [-0.39, 0.29) is 18.2 Å². The van der Waals surface area contributed by atoms with E-state index in [0.717, 1.165) is 0 Å². The maximum Gasteiger partial charge on any atom is 0.326 e. The summed E-state index contributed by atoms with van der Waals surface area (Å²) in [5.41, 5.74) is 0.616. The second-order valence-corrected chi connectivity index (χ2v) is 5.20. The second-order valence-electron chi connectivity index (χ2n) is 4.76. The lowest BCUT2D eigenvalue weighted by Crippen LogP contribution is -2.44. The smallest absolute Gasteiger partial charge is 0.326 e. The molecular weight excluding hydrogens is 282 g/mol. The largest absolute Gasteiger partial charge is 0.496 e. The summed E-state index contributed by atoms with van der Waals surface area (Å²) in [5.74, 6) is -1.09. The van der Waals surface area contributed by atoms with Gasteiger partial charge in [0.05, 0.1) is 13.5 Å². The van der Waals surface area contributed by atoms with Crippen molar-refractivity contribution in [2.45, 2.75) is 26.3 Å². The Morgan fingerprint density at radius 3 is 2.55 bits per heavy atom. The molecule has 0 saturated heterocycles. The minimum absolute atomic E-state index is 0.0141. The van der Waals surface area contributed by atoms with Crippen molar-refractivity contribution in [2.24, 2.45) is 5.92 Å².